The molecule has 1 radical (unpaired) electrons. The Morgan fingerprint density at radius 2 is 1.41 bits per heavy atom. The summed E-state index contributed by atoms with van der Waals surface area (Å²) in [6.07, 6.45) is 9.08. The van der Waals surface area contributed by atoms with Gasteiger partial charge in [-0.3, -0.25) is 0 Å². The second-order valence-electron chi connectivity index (χ2n) is 5.17. The Morgan fingerprint density at radius 3 is 2.12 bits per heavy atom. The van der Waals surface area contributed by atoms with Gasteiger partial charge in [-0.2, -0.15) is 0 Å². The average Bonchev–Trinajstić information content (AvgIpc) is 2.32. The SMILES string of the molecule is [CH2]CCCCCCCc1c(C)ccc(C)c1C. The van der Waals surface area contributed by atoms with Crippen molar-refractivity contribution in [2.24, 2.45) is 0 Å². The zero-order valence-corrected chi connectivity index (χ0v) is 11.8. The number of aryl methyl sites for hydroxylation is 2. The number of benzene rings is 1. The third-order valence-electron chi connectivity index (χ3n) is 3.78. The molecular formula is C17H27. The molecule has 0 aliphatic rings. The average molecular weight is 231 g/mol. The summed E-state index contributed by atoms with van der Waals surface area (Å²) in [5.74, 6) is 0. The van der Waals surface area contributed by atoms with Crippen LogP contribution in [-0.2, 0) is 6.42 Å². The summed E-state index contributed by atoms with van der Waals surface area (Å²) in [4.78, 5) is 0. The molecule has 1 aromatic rings. The van der Waals surface area contributed by atoms with E-state index in [9.17, 15) is 0 Å². The summed E-state index contributed by atoms with van der Waals surface area (Å²) in [6, 6.07) is 4.50. The molecule has 0 saturated heterocycles. The van der Waals surface area contributed by atoms with Crippen molar-refractivity contribution in [1.29, 1.82) is 0 Å². The van der Waals surface area contributed by atoms with E-state index in [-0.39, 0.29) is 0 Å². The molecule has 0 atom stereocenters. The van der Waals surface area contributed by atoms with E-state index < -0.39 is 0 Å². The Kier molecular flexibility index (Phi) is 6.32. The normalized spacial score (nSPS) is 10.8. The molecule has 0 unspecified atom stereocenters. The van der Waals surface area contributed by atoms with Crippen LogP contribution in [0.1, 0.15) is 60.8 Å². The summed E-state index contributed by atoms with van der Waals surface area (Å²) in [6.45, 7) is 10.6. The maximum atomic E-state index is 3.88. The van der Waals surface area contributed by atoms with Gasteiger partial charge in [-0.05, 0) is 55.9 Å². The Labute approximate surface area is 107 Å². The third kappa shape index (κ3) is 4.53. The molecule has 1 rings (SSSR count). The Balaban J connectivity index is 2.39. The highest BCUT2D eigenvalue weighted by molar-refractivity contribution is 5.39. The predicted octanol–water partition coefficient (Wildman–Crippen LogP) is 5.33. The summed E-state index contributed by atoms with van der Waals surface area (Å²) in [5, 5.41) is 0. The minimum absolute atomic E-state index is 1.09. The highest BCUT2D eigenvalue weighted by Gasteiger charge is 2.04. The van der Waals surface area contributed by atoms with E-state index in [2.05, 4.69) is 39.8 Å². The van der Waals surface area contributed by atoms with Crippen LogP contribution in [0.2, 0.25) is 0 Å². The molecule has 0 heterocycles. The fraction of sp³-hybridized carbons (Fsp3) is 0.588. The second kappa shape index (κ2) is 7.53. The van der Waals surface area contributed by atoms with Gasteiger partial charge in [0.05, 0.1) is 0 Å². The van der Waals surface area contributed by atoms with Gasteiger partial charge in [-0.15, -0.1) is 0 Å². The fourth-order valence-electron chi connectivity index (χ4n) is 2.40. The minimum Gasteiger partial charge on any atom is -0.0588 e. The number of hydrogen-bond acceptors (Lipinski definition) is 0. The summed E-state index contributed by atoms with van der Waals surface area (Å²) < 4.78 is 0. The maximum absolute atomic E-state index is 3.88. The van der Waals surface area contributed by atoms with Crippen molar-refractivity contribution in [1.82, 2.24) is 0 Å². The molecule has 0 bridgehead atoms. The zero-order valence-electron chi connectivity index (χ0n) is 11.8. The van der Waals surface area contributed by atoms with E-state index in [1.54, 1.807) is 5.56 Å². The van der Waals surface area contributed by atoms with Crippen molar-refractivity contribution in [2.75, 3.05) is 0 Å². The van der Waals surface area contributed by atoms with Gasteiger partial charge in [-0.25, -0.2) is 0 Å². The smallest absolute Gasteiger partial charge is 0.0274 e. The van der Waals surface area contributed by atoms with Crippen LogP contribution in [0.3, 0.4) is 0 Å². The first-order valence-electron chi connectivity index (χ1n) is 7.01. The second-order valence-corrected chi connectivity index (χ2v) is 5.17. The third-order valence-corrected chi connectivity index (χ3v) is 3.78. The number of hydrogen-bond donors (Lipinski definition) is 0. The van der Waals surface area contributed by atoms with Crippen LogP contribution in [0.15, 0.2) is 12.1 Å². The maximum Gasteiger partial charge on any atom is -0.0274 e. The van der Waals surface area contributed by atoms with Gasteiger partial charge in [0.2, 0.25) is 0 Å². The van der Waals surface area contributed by atoms with Gasteiger partial charge in [0.1, 0.15) is 0 Å². The lowest BCUT2D eigenvalue weighted by Gasteiger charge is -2.12. The summed E-state index contributed by atoms with van der Waals surface area (Å²) in [7, 11) is 0. The van der Waals surface area contributed by atoms with Gasteiger partial charge in [0, 0.05) is 0 Å². The van der Waals surface area contributed by atoms with Crippen LogP contribution >= 0.6 is 0 Å². The molecule has 0 spiro atoms. The molecule has 0 amide bonds. The highest BCUT2D eigenvalue weighted by atomic mass is 14.1. The van der Waals surface area contributed by atoms with Gasteiger partial charge in [-0.1, -0.05) is 51.2 Å². The molecule has 95 valence electrons. The van der Waals surface area contributed by atoms with Crippen molar-refractivity contribution in [3.8, 4) is 0 Å². The molecule has 0 nitrogen and oxygen atoms in total. The molecule has 0 heteroatoms. The minimum atomic E-state index is 1.09. The van der Waals surface area contributed by atoms with Gasteiger partial charge in [0.15, 0.2) is 0 Å². The first kappa shape index (κ1) is 14.3. The highest BCUT2D eigenvalue weighted by Crippen LogP contribution is 2.20. The van der Waals surface area contributed by atoms with Crippen LogP contribution in [0.4, 0.5) is 0 Å². The van der Waals surface area contributed by atoms with E-state index in [4.69, 9.17) is 0 Å². The van der Waals surface area contributed by atoms with Crippen molar-refractivity contribution in [3.05, 3.63) is 41.3 Å². The standard InChI is InChI=1S/C17H27/c1-5-6-7-8-9-10-11-17-15(3)13-12-14(2)16(17)4/h12-13H,1,5-11H2,2-4H3. The lowest BCUT2D eigenvalue weighted by atomic mass is 9.94. The van der Waals surface area contributed by atoms with Gasteiger partial charge in [0.25, 0.3) is 0 Å². The molecule has 0 aromatic heterocycles. The fourth-order valence-corrected chi connectivity index (χ4v) is 2.40. The Morgan fingerprint density at radius 1 is 0.824 bits per heavy atom. The molecule has 0 aliphatic heterocycles. The molecule has 0 aliphatic carbocycles. The molecule has 1 aromatic carbocycles. The summed E-state index contributed by atoms with van der Waals surface area (Å²) >= 11 is 0. The van der Waals surface area contributed by atoms with E-state index >= 15 is 0 Å². The van der Waals surface area contributed by atoms with Gasteiger partial charge < -0.3 is 0 Å². The van der Waals surface area contributed by atoms with E-state index in [0.717, 1.165) is 6.42 Å². The van der Waals surface area contributed by atoms with Crippen molar-refractivity contribution >= 4 is 0 Å². The quantitative estimate of drug-likeness (QED) is 0.556. The van der Waals surface area contributed by atoms with Crippen molar-refractivity contribution in [3.63, 3.8) is 0 Å². The van der Waals surface area contributed by atoms with E-state index in [1.807, 2.05) is 0 Å². The van der Waals surface area contributed by atoms with E-state index in [0.29, 0.717) is 0 Å². The van der Waals surface area contributed by atoms with Crippen LogP contribution in [0.25, 0.3) is 0 Å². The topological polar surface area (TPSA) is 0 Å². The first-order valence-corrected chi connectivity index (χ1v) is 7.01. The molecule has 0 fully saturated rings. The molecule has 17 heavy (non-hydrogen) atoms. The van der Waals surface area contributed by atoms with Crippen LogP contribution in [0.5, 0.6) is 0 Å². The molecule has 0 N–H and O–H groups in total. The zero-order chi connectivity index (χ0) is 12.7. The van der Waals surface area contributed by atoms with Crippen molar-refractivity contribution in [2.45, 2.75) is 65.7 Å². The van der Waals surface area contributed by atoms with Crippen LogP contribution in [0, 0.1) is 27.7 Å². The lowest BCUT2D eigenvalue weighted by molar-refractivity contribution is 0.615. The van der Waals surface area contributed by atoms with Crippen molar-refractivity contribution < 1.29 is 0 Å². The van der Waals surface area contributed by atoms with E-state index in [1.165, 1.54) is 55.2 Å². The predicted molar refractivity (Wildman–Crippen MR) is 77.4 cm³/mol. The summed E-state index contributed by atoms with van der Waals surface area (Å²) in [5.41, 5.74) is 5.98. The lowest BCUT2D eigenvalue weighted by Crippen LogP contribution is -1.96. The van der Waals surface area contributed by atoms with Crippen LogP contribution < -0.4 is 0 Å². The van der Waals surface area contributed by atoms with Gasteiger partial charge >= 0.3 is 0 Å². The number of unbranched alkanes of at least 4 members (excludes halogenated alkanes) is 5. The molecule has 0 saturated carbocycles. The Hall–Kier alpha value is -0.780. The number of rotatable bonds is 7. The monoisotopic (exact) mass is 231 g/mol. The largest absolute Gasteiger partial charge is 0.0588 e. The first-order chi connectivity index (χ1) is 8.16. The Bertz CT molecular complexity index is 336. The van der Waals surface area contributed by atoms with Crippen LogP contribution in [-0.4, -0.2) is 0 Å². The molecular weight excluding hydrogens is 204 g/mol.